The van der Waals surface area contributed by atoms with Crippen molar-refractivity contribution in [3.05, 3.63) is 53.1 Å². The molecule has 0 heterocycles. The molecule has 1 aliphatic rings. The lowest BCUT2D eigenvalue weighted by molar-refractivity contribution is -0.132. The van der Waals surface area contributed by atoms with Crippen LogP contribution in [0.3, 0.4) is 0 Å². The Kier molecular flexibility index (Phi) is 6.45. The average molecular weight is 383 g/mol. The molecule has 0 unspecified atom stereocenters. The van der Waals surface area contributed by atoms with Crippen molar-refractivity contribution in [3.8, 4) is 17.2 Å². The normalized spacial score (nSPS) is 13.1. The number of carbonyl (C=O) groups is 1. The second-order valence-corrected chi connectivity index (χ2v) is 7.15. The van der Waals surface area contributed by atoms with Gasteiger partial charge in [-0.05, 0) is 60.2 Å². The number of amides is 1. The second kappa shape index (κ2) is 9.00. The van der Waals surface area contributed by atoms with Gasteiger partial charge >= 0.3 is 0 Å². The molecule has 0 aromatic heterocycles. The summed E-state index contributed by atoms with van der Waals surface area (Å²) in [6.45, 7) is 2.88. The Labute approximate surface area is 167 Å². The molecular weight excluding hydrogens is 354 g/mol. The molecule has 0 spiro atoms. The summed E-state index contributed by atoms with van der Waals surface area (Å²) in [6.07, 6.45) is 3.05. The monoisotopic (exact) mass is 383 g/mol. The van der Waals surface area contributed by atoms with Gasteiger partial charge in [0, 0.05) is 12.6 Å². The van der Waals surface area contributed by atoms with Gasteiger partial charge in [0.2, 0.25) is 5.91 Å². The fourth-order valence-corrected chi connectivity index (χ4v) is 3.91. The lowest BCUT2D eigenvalue weighted by atomic mass is 10.1. The summed E-state index contributed by atoms with van der Waals surface area (Å²) in [5, 5.41) is 0. The lowest BCUT2D eigenvalue weighted by Crippen LogP contribution is -2.42. The number of nitrogens with zero attached hydrogens (tertiary/aromatic N) is 1. The van der Waals surface area contributed by atoms with Crippen molar-refractivity contribution in [2.24, 2.45) is 0 Å². The quantitative estimate of drug-likeness (QED) is 0.698. The van der Waals surface area contributed by atoms with E-state index in [1.54, 1.807) is 21.3 Å². The van der Waals surface area contributed by atoms with Crippen molar-refractivity contribution in [1.29, 1.82) is 0 Å². The Morgan fingerprint density at radius 1 is 0.964 bits per heavy atom. The van der Waals surface area contributed by atoms with Crippen LogP contribution in [-0.4, -0.2) is 44.7 Å². The Morgan fingerprint density at radius 3 is 2.00 bits per heavy atom. The predicted molar refractivity (Wildman–Crippen MR) is 109 cm³/mol. The summed E-state index contributed by atoms with van der Waals surface area (Å²) in [5.41, 5.74) is 3.48. The van der Waals surface area contributed by atoms with Crippen LogP contribution in [0.25, 0.3) is 0 Å². The van der Waals surface area contributed by atoms with E-state index in [1.807, 2.05) is 41.3 Å². The van der Waals surface area contributed by atoms with E-state index in [9.17, 15) is 4.79 Å². The number of hydrogen-bond donors (Lipinski definition) is 0. The molecule has 0 aliphatic heterocycles. The third-order valence-electron chi connectivity index (χ3n) is 5.36. The Hall–Kier alpha value is -2.69. The van der Waals surface area contributed by atoms with Crippen LogP contribution >= 0.6 is 0 Å². The summed E-state index contributed by atoms with van der Waals surface area (Å²) in [6, 6.07) is 12.0. The van der Waals surface area contributed by atoms with E-state index in [1.165, 1.54) is 11.1 Å². The third kappa shape index (κ3) is 4.24. The Balaban J connectivity index is 1.75. The first-order valence-electron chi connectivity index (χ1n) is 9.75. The SMILES string of the molecule is CCCN(C(=O)Cc1ccc(OC)cc1)C1Cc2cc(OC)c(OC)cc2C1. The van der Waals surface area contributed by atoms with E-state index in [2.05, 4.69) is 6.92 Å². The van der Waals surface area contributed by atoms with E-state index in [0.717, 1.165) is 48.6 Å². The van der Waals surface area contributed by atoms with Crippen LogP contribution in [0.1, 0.15) is 30.0 Å². The summed E-state index contributed by atoms with van der Waals surface area (Å²) in [4.78, 5) is 15.1. The molecule has 0 bridgehead atoms. The number of ether oxygens (including phenoxy) is 3. The maximum atomic E-state index is 13.1. The molecule has 150 valence electrons. The van der Waals surface area contributed by atoms with Crippen LogP contribution in [0.5, 0.6) is 17.2 Å². The fourth-order valence-electron chi connectivity index (χ4n) is 3.91. The molecule has 0 saturated heterocycles. The van der Waals surface area contributed by atoms with Gasteiger partial charge in [-0.3, -0.25) is 4.79 Å². The van der Waals surface area contributed by atoms with Crippen molar-refractivity contribution in [2.45, 2.75) is 38.6 Å². The van der Waals surface area contributed by atoms with Crippen LogP contribution in [0.4, 0.5) is 0 Å². The zero-order chi connectivity index (χ0) is 20.1. The van der Waals surface area contributed by atoms with Crippen molar-refractivity contribution >= 4 is 5.91 Å². The first kappa shape index (κ1) is 20.1. The molecule has 3 rings (SSSR count). The van der Waals surface area contributed by atoms with Crippen molar-refractivity contribution in [1.82, 2.24) is 4.90 Å². The molecular formula is C23H29NO4. The van der Waals surface area contributed by atoms with Gasteiger partial charge in [0.05, 0.1) is 27.8 Å². The molecule has 0 radical (unpaired) electrons. The number of fused-ring (bicyclic) bond motifs is 1. The molecule has 28 heavy (non-hydrogen) atoms. The molecule has 0 saturated carbocycles. The molecule has 2 aromatic carbocycles. The smallest absolute Gasteiger partial charge is 0.227 e. The van der Waals surface area contributed by atoms with Crippen molar-refractivity contribution < 1.29 is 19.0 Å². The van der Waals surface area contributed by atoms with Crippen molar-refractivity contribution in [2.75, 3.05) is 27.9 Å². The minimum atomic E-state index is 0.170. The first-order chi connectivity index (χ1) is 13.6. The topological polar surface area (TPSA) is 48.0 Å². The summed E-state index contributed by atoms with van der Waals surface area (Å²) in [5.74, 6) is 2.46. The molecule has 0 atom stereocenters. The molecule has 2 aromatic rings. The molecule has 5 heteroatoms. The molecule has 0 N–H and O–H groups in total. The highest BCUT2D eigenvalue weighted by molar-refractivity contribution is 5.79. The molecule has 0 fully saturated rings. The summed E-state index contributed by atoms with van der Waals surface area (Å²) < 4.78 is 16.1. The first-order valence-corrected chi connectivity index (χ1v) is 9.75. The lowest BCUT2D eigenvalue weighted by Gasteiger charge is -2.29. The van der Waals surface area contributed by atoms with Crippen LogP contribution in [-0.2, 0) is 24.1 Å². The maximum absolute atomic E-state index is 13.1. The highest BCUT2D eigenvalue weighted by atomic mass is 16.5. The van der Waals surface area contributed by atoms with Gasteiger partial charge in [0.1, 0.15) is 5.75 Å². The second-order valence-electron chi connectivity index (χ2n) is 7.15. The molecule has 5 nitrogen and oxygen atoms in total. The van der Waals surface area contributed by atoms with Gasteiger partial charge in [-0.25, -0.2) is 0 Å². The third-order valence-corrected chi connectivity index (χ3v) is 5.36. The number of hydrogen-bond acceptors (Lipinski definition) is 4. The van der Waals surface area contributed by atoms with Gasteiger partial charge < -0.3 is 19.1 Å². The van der Waals surface area contributed by atoms with Crippen LogP contribution in [0.2, 0.25) is 0 Å². The standard InChI is InChI=1S/C23H29NO4/c1-5-10-24(23(25)11-16-6-8-20(26-2)9-7-16)19-12-17-14-21(27-3)22(28-4)15-18(17)13-19/h6-9,14-15,19H,5,10-13H2,1-4H3. The van der Waals surface area contributed by atoms with Crippen molar-refractivity contribution in [3.63, 3.8) is 0 Å². The Bertz CT molecular complexity index is 783. The van der Waals surface area contributed by atoms with E-state index < -0.39 is 0 Å². The van der Waals surface area contributed by atoms with E-state index in [-0.39, 0.29) is 11.9 Å². The van der Waals surface area contributed by atoms with E-state index in [0.29, 0.717) is 6.42 Å². The number of carbonyl (C=O) groups excluding carboxylic acids is 1. The van der Waals surface area contributed by atoms with Gasteiger partial charge in [0.25, 0.3) is 0 Å². The molecule has 1 aliphatic carbocycles. The Morgan fingerprint density at radius 2 is 1.54 bits per heavy atom. The predicted octanol–water partition coefficient (Wildman–Crippen LogP) is 3.66. The van der Waals surface area contributed by atoms with Crippen LogP contribution < -0.4 is 14.2 Å². The number of methoxy groups -OCH3 is 3. The maximum Gasteiger partial charge on any atom is 0.227 e. The molecule has 1 amide bonds. The van der Waals surface area contributed by atoms with Gasteiger partial charge in [-0.15, -0.1) is 0 Å². The van der Waals surface area contributed by atoms with Gasteiger partial charge in [0.15, 0.2) is 11.5 Å². The van der Waals surface area contributed by atoms with Crippen LogP contribution in [0.15, 0.2) is 36.4 Å². The highest BCUT2D eigenvalue weighted by Crippen LogP contribution is 2.36. The van der Waals surface area contributed by atoms with Crippen LogP contribution in [0, 0.1) is 0 Å². The minimum absolute atomic E-state index is 0.170. The summed E-state index contributed by atoms with van der Waals surface area (Å²) >= 11 is 0. The fraction of sp³-hybridized carbons (Fsp3) is 0.435. The number of rotatable bonds is 8. The highest BCUT2D eigenvalue weighted by Gasteiger charge is 2.30. The van der Waals surface area contributed by atoms with E-state index in [4.69, 9.17) is 14.2 Å². The largest absolute Gasteiger partial charge is 0.497 e. The summed E-state index contributed by atoms with van der Waals surface area (Å²) in [7, 11) is 4.95. The minimum Gasteiger partial charge on any atom is -0.497 e. The van der Waals surface area contributed by atoms with E-state index >= 15 is 0 Å². The van der Waals surface area contributed by atoms with Gasteiger partial charge in [-0.1, -0.05) is 19.1 Å². The zero-order valence-corrected chi connectivity index (χ0v) is 17.2. The number of benzene rings is 2. The average Bonchev–Trinajstić information content (AvgIpc) is 3.13. The zero-order valence-electron chi connectivity index (χ0n) is 17.2. The van der Waals surface area contributed by atoms with Gasteiger partial charge in [-0.2, -0.15) is 0 Å².